The van der Waals surface area contributed by atoms with Gasteiger partial charge >= 0.3 is 0 Å². The molecule has 0 spiro atoms. The summed E-state index contributed by atoms with van der Waals surface area (Å²) in [5.74, 6) is 0. The highest BCUT2D eigenvalue weighted by Gasteiger charge is 2.52. The molecule has 1 aliphatic carbocycles. The van der Waals surface area contributed by atoms with Crippen LogP contribution in [0.3, 0.4) is 0 Å². The molecular formula is C17H22BrN3. The van der Waals surface area contributed by atoms with Gasteiger partial charge in [0.05, 0.1) is 22.4 Å². The third-order valence-electron chi connectivity index (χ3n) is 4.50. The van der Waals surface area contributed by atoms with Gasteiger partial charge in [0.2, 0.25) is 0 Å². The Balaban J connectivity index is 2.01. The predicted octanol–water partition coefficient (Wildman–Crippen LogP) is 3.96. The van der Waals surface area contributed by atoms with E-state index in [1.54, 1.807) is 0 Å². The molecule has 0 radical (unpaired) electrons. The predicted molar refractivity (Wildman–Crippen MR) is 89.3 cm³/mol. The molecule has 1 aromatic carbocycles. The van der Waals surface area contributed by atoms with Gasteiger partial charge in [-0.15, -0.1) is 0 Å². The largest absolute Gasteiger partial charge is 0.308 e. The fourth-order valence-corrected chi connectivity index (χ4v) is 3.81. The number of hydrogen-bond acceptors (Lipinski definition) is 2. The van der Waals surface area contributed by atoms with Crippen LogP contribution in [0.15, 0.2) is 41.0 Å². The van der Waals surface area contributed by atoms with Crippen molar-refractivity contribution in [3.05, 3.63) is 52.3 Å². The zero-order chi connectivity index (χ0) is 14.9. The summed E-state index contributed by atoms with van der Waals surface area (Å²) in [7, 11) is 2.03. The molecule has 1 aromatic heterocycles. The Morgan fingerprint density at radius 3 is 2.57 bits per heavy atom. The molecule has 21 heavy (non-hydrogen) atoms. The number of rotatable bonds is 6. The second-order valence-corrected chi connectivity index (χ2v) is 6.76. The summed E-state index contributed by atoms with van der Waals surface area (Å²) in [6.07, 6.45) is 5.50. The third-order valence-corrected chi connectivity index (χ3v) is 5.11. The van der Waals surface area contributed by atoms with Crippen molar-refractivity contribution in [3.63, 3.8) is 0 Å². The van der Waals surface area contributed by atoms with Gasteiger partial charge in [0.25, 0.3) is 0 Å². The zero-order valence-corrected chi connectivity index (χ0v) is 14.2. The van der Waals surface area contributed by atoms with Crippen molar-refractivity contribution in [3.8, 4) is 0 Å². The number of hydrogen-bond donors (Lipinski definition) is 1. The summed E-state index contributed by atoms with van der Waals surface area (Å²) in [5, 5.41) is 8.17. The minimum atomic E-state index is 0.215. The highest BCUT2D eigenvalue weighted by Crippen LogP contribution is 2.57. The highest BCUT2D eigenvalue weighted by atomic mass is 79.9. The van der Waals surface area contributed by atoms with Crippen LogP contribution in [-0.2, 0) is 12.5 Å². The van der Waals surface area contributed by atoms with Crippen molar-refractivity contribution in [1.82, 2.24) is 15.1 Å². The summed E-state index contributed by atoms with van der Waals surface area (Å²) in [4.78, 5) is 0. The lowest BCUT2D eigenvalue weighted by Gasteiger charge is -2.29. The average molecular weight is 348 g/mol. The first kappa shape index (κ1) is 14.8. The maximum absolute atomic E-state index is 4.41. The van der Waals surface area contributed by atoms with E-state index in [1.165, 1.54) is 24.1 Å². The molecule has 1 fully saturated rings. The van der Waals surface area contributed by atoms with Gasteiger partial charge in [-0.05, 0) is 47.3 Å². The summed E-state index contributed by atoms with van der Waals surface area (Å²) in [6, 6.07) is 11.2. The molecule has 1 heterocycles. The van der Waals surface area contributed by atoms with Crippen LogP contribution in [0.1, 0.15) is 43.5 Å². The topological polar surface area (TPSA) is 29.9 Å². The first-order valence-corrected chi connectivity index (χ1v) is 8.44. The molecule has 0 aliphatic heterocycles. The Morgan fingerprint density at radius 1 is 1.33 bits per heavy atom. The number of aryl methyl sites for hydroxylation is 1. The Labute approximate surface area is 134 Å². The van der Waals surface area contributed by atoms with E-state index >= 15 is 0 Å². The molecule has 112 valence electrons. The average Bonchev–Trinajstić information content (AvgIpc) is 3.25. The van der Waals surface area contributed by atoms with E-state index in [1.807, 2.05) is 17.9 Å². The van der Waals surface area contributed by atoms with E-state index in [4.69, 9.17) is 0 Å². The second-order valence-electron chi connectivity index (χ2n) is 5.91. The van der Waals surface area contributed by atoms with Crippen LogP contribution in [0.2, 0.25) is 0 Å². The number of aromatic nitrogens is 2. The minimum Gasteiger partial charge on any atom is -0.308 e. The van der Waals surface area contributed by atoms with E-state index in [0.29, 0.717) is 6.04 Å². The molecule has 1 saturated carbocycles. The smallest absolute Gasteiger partial charge is 0.0701 e. The third kappa shape index (κ3) is 2.67. The van der Waals surface area contributed by atoms with Gasteiger partial charge in [0, 0.05) is 12.5 Å². The number of benzene rings is 1. The number of nitrogens with zero attached hydrogens (tertiary/aromatic N) is 2. The maximum atomic E-state index is 4.41. The van der Waals surface area contributed by atoms with Crippen molar-refractivity contribution < 1.29 is 0 Å². The van der Waals surface area contributed by atoms with Gasteiger partial charge in [-0.1, -0.05) is 37.3 Å². The molecule has 3 nitrogen and oxygen atoms in total. The lowest BCUT2D eigenvalue weighted by atomic mass is 9.86. The van der Waals surface area contributed by atoms with Crippen LogP contribution >= 0.6 is 15.9 Å². The lowest BCUT2D eigenvalue weighted by molar-refractivity contribution is 0.404. The fourth-order valence-electron chi connectivity index (χ4n) is 3.24. The number of nitrogens with one attached hydrogen (secondary N) is 1. The van der Waals surface area contributed by atoms with Crippen molar-refractivity contribution in [1.29, 1.82) is 0 Å². The SMILES string of the molecule is CCCNC(c1c(Br)cnn1C)C1(c2ccccc2)CC1. The first-order valence-electron chi connectivity index (χ1n) is 7.65. The second kappa shape index (κ2) is 5.93. The molecule has 2 aromatic rings. The Hall–Kier alpha value is -1.13. The maximum Gasteiger partial charge on any atom is 0.0701 e. The van der Waals surface area contributed by atoms with Crippen molar-refractivity contribution >= 4 is 15.9 Å². The molecule has 1 aliphatic rings. The summed E-state index contributed by atoms with van der Waals surface area (Å²) in [5.41, 5.74) is 2.91. The summed E-state index contributed by atoms with van der Waals surface area (Å²) >= 11 is 3.68. The quantitative estimate of drug-likeness (QED) is 0.857. The standard InChI is InChI=1S/C17H22BrN3/c1-3-11-19-16(15-14(18)12-20-21(15)2)17(9-10-17)13-7-5-4-6-8-13/h4-8,12,16,19H,3,9-11H2,1-2H3. The van der Waals surface area contributed by atoms with Gasteiger partial charge in [-0.3, -0.25) is 4.68 Å². The highest BCUT2D eigenvalue weighted by molar-refractivity contribution is 9.10. The molecular weight excluding hydrogens is 326 g/mol. The molecule has 4 heteroatoms. The van der Waals surface area contributed by atoms with Crippen LogP contribution in [0, 0.1) is 0 Å². The van der Waals surface area contributed by atoms with Crippen LogP contribution < -0.4 is 5.32 Å². The Kier molecular flexibility index (Phi) is 4.18. The van der Waals surface area contributed by atoms with E-state index in [-0.39, 0.29) is 5.41 Å². The van der Waals surface area contributed by atoms with Crippen LogP contribution in [-0.4, -0.2) is 16.3 Å². The van der Waals surface area contributed by atoms with Crippen LogP contribution in [0.5, 0.6) is 0 Å². The Morgan fingerprint density at radius 2 is 2.05 bits per heavy atom. The molecule has 0 saturated heterocycles. The zero-order valence-electron chi connectivity index (χ0n) is 12.6. The molecule has 1 N–H and O–H groups in total. The van der Waals surface area contributed by atoms with Gasteiger partial charge in [-0.25, -0.2) is 0 Å². The molecule has 0 bridgehead atoms. The van der Waals surface area contributed by atoms with E-state index in [9.17, 15) is 0 Å². The summed E-state index contributed by atoms with van der Waals surface area (Å²) < 4.78 is 3.10. The number of halogens is 1. The van der Waals surface area contributed by atoms with Crippen LogP contribution in [0.25, 0.3) is 0 Å². The van der Waals surface area contributed by atoms with Crippen molar-refractivity contribution in [2.24, 2.45) is 7.05 Å². The van der Waals surface area contributed by atoms with Crippen molar-refractivity contribution in [2.45, 2.75) is 37.6 Å². The molecule has 1 atom stereocenters. The lowest BCUT2D eigenvalue weighted by Crippen LogP contribution is -2.34. The van der Waals surface area contributed by atoms with Gasteiger partial charge < -0.3 is 5.32 Å². The molecule has 3 rings (SSSR count). The van der Waals surface area contributed by atoms with Crippen molar-refractivity contribution in [2.75, 3.05) is 6.54 Å². The first-order chi connectivity index (χ1) is 10.2. The van der Waals surface area contributed by atoms with E-state index in [2.05, 4.69) is 63.6 Å². The van der Waals surface area contributed by atoms with Gasteiger partial charge in [-0.2, -0.15) is 5.10 Å². The van der Waals surface area contributed by atoms with E-state index < -0.39 is 0 Å². The molecule has 0 amide bonds. The Bertz CT molecular complexity index is 582. The van der Waals surface area contributed by atoms with Crippen LogP contribution in [0.4, 0.5) is 0 Å². The fraction of sp³-hybridized carbons (Fsp3) is 0.471. The summed E-state index contributed by atoms with van der Waals surface area (Å²) in [6.45, 7) is 3.24. The normalized spacial score (nSPS) is 17.7. The molecule has 1 unspecified atom stereocenters. The monoisotopic (exact) mass is 347 g/mol. The minimum absolute atomic E-state index is 0.215. The van der Waals surface area contributed by atoms with Gasteiger partial charge in [0.1, 0.15) is 0 Å². The van der Waals surface area contributed by atoms with E-state index in [0.717, 1.165) is 17.4 Å². The van der Waals surface area contributed by atoms with Gasteiger partial charge in [0.15, 0.2) is 0 Å².